The molecule has 0 saturated carbocycles. The number of esters is 1. The zero-order valence-electron chi connectivity index (χ0n) is 16.3. The van der Waals surface area contributed by atoms with Crippen LogP contribution in [-0.4, -0.2) is 27.6 Å². The first-order chi connectivity index (χ1) is 14.5. The Kier molecular flexibility index (Phi) is 5.57. The molecule has 0 radical (unpaired) electrons. The van der Waals surface area contributed by atoms with Crippen LogP contribution in [0.4, 0.5) is 8.78 Å². The van der Waals surface area contributed by atoms with Gasteiger partial charge in [-0.2, -0.15) is 0 Å². The molecule has 0 bridgehead atoms. The molecule has 5 nitrogen and oxygen atoms in total. The van der Waals surface area contributed by atoms with E-state index in [1.807, 2.05) is 35.0 Å². The van der Waals surface area contributed by atoms with Crippen molar-refractivity contribution >= 4 is 5.97 Å². The van der Waals surface area contributed by atoms with Crippen LogP contribution in [0.1, 0.15) is 35.4 Å². The van der Waals surface area contributed by atoms with E-state index in [1.165, 1.54) is 19.4 Å². The molecular formula is C23H19F2N3O2. The molecule has 3 heterocycles. The number of benzene rings is 1. The van der Waals surface area contributed by atoms with Gasteiger partial charge in [0.2, 0.25) is 0 Å². The Hall–Kier alpha value is -3.53. The summed E-state index contributed by atoms with van der Waals surface area (Å²) in [6, 6.07) is 8.91. The van der Waals surface area contributed by atoms with Gasteiger partial charge in [0.25, 0.3) is 6.43 Å². The Morgan fingerprint density at radius 3 is 2.70 bits per heavy atom. The molecule has 0 saturated heterocycles. The first kappa shape index (κ1) is 19.8. The molecule has 1 aliphatic rings. The molecule has 3 aromatic rings. The molecule has 7 heteroatoms. The fourth-order valence-electron chi connectivity index (χ4n) is 3.46. The molecule has 1 atom stereocenters. The third-order valence-electron chi connectivity index (χ3n) is 5.07. The fourth-order valence-corrected chi connectivity index (χ4v) is 3.46. The van der Waals surface area contributed by atoms with Crippen molar-refractivity contribution in [3.05, 3.63) is 71.4 Å². The molecule has 30 heavy (non-hydrogen) atoms. The molecule has 1 unspecified atom stereocenters. The summed E-state index contributed by atoms with van der Waals surface area (Å²) in [4.78, 5) is 20.3. The first-order valence-electron chi connectivity index (χ1n) is 9.53. The second-order valence-electron chi connectivity index (χ2n) is 7.09. The van der Waals surface area contributed by atoms with Gasteiger partial charge in [0.1, 0.15) is 5.82 Å². The molecular weight excluding hydrogens is 388 g/mol. The number of ether oxygens (including phenoxy) is 1. The van der Waals surface area contributed by atoms with Crippen LogP contribution in [0.2, 0.25) is 0 Å². The lowest BCUT2D eigenvalue weighted by atomic mass is 10.00. The van der Waals surface area contributed by atoms with Gasteiger partial charge in [0.15, 0.2) is 0 Å². The van der Waals surface area contributed by atoms with E-state index >= 15 is 0 Å². The van der Waals surface area contributed by atoms with Gasteiger partial charge in [-0.1, -0.05) is 24.0 Å². The van der Waals surface area contributed by atoms with Crippen molar-refractivity contribution in [1.82, 2.24) is 14.5 Å². The number of hydrogen-bond donors (Lipinski definition) is 0. The van der Waals surface area contributed by atoms with E-state index in [1.54, 1.807) is 0 Å². The molecule has 4 rings (SSSR count). The Balaban J connectivity index is 1.50. The summed E-state index contributed by atoms with van der Waals surface area (Å²) in [5.74, 6) is 6.47. The third-order valence-corrected chi connectivity index (χ3v) is 5.07. The fraction of sp³-hybridized carbons (Fsp3) is 0.261. The highest BCUT2D eigenvalue weighted by molar-refractivity contribution is 5.72. The van der Waals surface area contributed by atoms with Gasteiger partial charge in [0.05, 0.1) is 18.7 Å². The number of aryl methyl sites for hydroxylation is 1. The lowest BCUT2D eigenvalue weighted by Gasteiger charge is -2.21. The predicted molar refractivity (Wildman–Crippen MR) is 107 cm³/mol. The molecule has 0 aliphatic carbocycles. The van der Waals surface area contributed by atoms with Crippen LogP contribution in [0.15, 0.2) is 48.9 Å². The van der Waals surface area contributed by atoms with Gasteiger partial charge in [-0.25, -0.2) is 13.8 Å². The number of aromatic nitrogens is 3. The third kappa shape index (κ3) is 4.23. The normalized spacial score (nSPS) is 15.3. The van der Waals surface area contributed by atoms with Crippen LogP contribution < -0.4 is 0 Å². The van der Waals surface area contributed by atoms with Crippen LogP contribution in [0.25, 0.3) is 11.3 Å². The number of pyridine rings is 1. The van der Waals surface area contributed by atoms with Crippen molar-refractivity contribution in [3.63, 3.8) is 0 Å². The smallest absolute Gasteiger partial charge is 0.310 e. The quantitative estimate of drug-likeness (QED) is 0.486. The number of imidazole rings is 1. The highest BCUT2D eigenvalue weighted by Gasteiger charge is 2.26. The number of alkyl halides is 2. The minimum atomic E-state index is -2.57. The van der Waals surface area contributed by atoms with E-state index in [0.29, 0.717) is 12.1 Å². The van der Waals surface area contributed by atoms with Gasteiger partial charge in [-0.05, 0) is 24.6 Å². The zero-order chi connectivity index (χ0) is 21.1. The van der Waals surface area contributed by atoms with Crippen molar-refractivity contribution < 1.29 is 18.3 Å². The van der Waals surface area contributed by atoms with E-state index < -0.39 is 6.43 Å². The number of rotatable bonds is 3. The topological polar surface area (TPSA) is 57.0 Å². The van der Waals surface area contributed by atoms with Crippen molar-refractivity contribution in [2.24, 2.45) is 5.92 Å². The summed E-state index contributed by atoms with van der Waals surface area (Å²) in [7, 11) is 1.41. The molecule has 1 aromatic carbocycles. The highest BCUT2D eigenvalue weighted by Crippen LogP contribution is 2.26. The summed E-state index contributed by atoms with van der Waals surface area (Å²) in [6.07, 6.45) is 3.45. The second kappa shape index (κ2) is 8.46. The van der Waals surface area contributed by atoms with Gasteiger partial charge in [-0.3, -0.25) is 9.78 Å². The van der Waals surface area contributed by atoms with Gasteiger partial charge >= 0.3 is 5.97 Å². The number of carbonyl (C=O) groups is 1. The van der Waals surface area contributed by atoms with E-state index in [0.717, 1.165) is 41.7 Å². The predicted octanol–water partition coefficient (Wildman–Crippen LogP) is 4.02. The van der Waals surface area contributed by atoms with Crippen LogP contribution in [0, 0.1) is 17.8 Å². The number of carbonyl (C=O) groups excluding carboxylic acids is 1. The summed E-state index contributed by atoms with van der Waals surface area (Å²) >= 11 is 0. The average Bonchev–Trinajstić information content (AvgIpc) is 3.21. The number of hydrogen-bond acceptors (Lipinski definition) is 4. The van der Waals surface area contributed by atoms with E-state index in [-0.39, 0.29) is 17.5 Å². The molecule has 0 N–H and O–H groups in total. The maximum absolute atomic E-state index is 12.8. The van der Waals surface area contributed by atoms with E-state index in [2.05, 4.69) is 21.8 Å². The van der Waals surface area contributed by atoms with Gasteiger partial charge in [0, 0.05) is 53.8 Å². The van der Waals surface area contributed by atoms with E-state index in [4.69, 9.17) is 4.74 Å². The summed E-state index contributed by atoms with van der Waals surface area (Å²) < 4.78 is 32.4. The lowest BCUT2D eigenvalue weighted by Crippen LogP contribution is -2.27. The number of nitrogens with zero attached hydrogens (tertiary/aromatic N) is 3. The SMILES string of the molecule is COC(=O)C1CCc2nc(-c3ccc(C#Cc4cncc(C(F)F)c4)cc3)cn2C1. The first-order valence-corrected chi connectivity index (χ1v) is 9.53. The number of halogens is 2. The summed E-state index contributed by atoms with van der Waals surface area (Å²) in [5, 5.41) is 0. The van der Waals surface area contributed by atoms with Crippen LogP contribution in [0.5, 0.6) is 0 Å². The van der Waals surface area contributed by atoms with Crippen LogP contribution >= 0.6 is 0 Å². The summed E-state index contributed by atoms with van der Waals surface area (Å²) in [5.41, 5.74) is 2.84. The monoisotopic (exact) mass is 407 g/mol. The molecule has 0 amide bonds. The maximum atomic E-state index is 12.8. The highest BCUT2D eigenvalue weighted by atomic mass is 19.3. The second-order valence-corrected chi connectivity index (χ2v) is 7.09. The maximum Gasteiger partial charge on any atom is 0.310 e. The molecule has 1 aliphatic heterocycles. The molecule has 152 valence electrons. The molecule has 2 aromatic heterocycles. The van der Waals surface area contributed by atoms with Crippen molar-refractivity contribution in [3.8, 4) is 23.1 Å². The minimum Gasteiger partial charge on any atom is -0.469 e. The molecule has 0 fully saturated rings. The van der Waals surface area contributed by atoms with Gasteiger partial charge < -0.3 is 9.30 Å². The number of methoxy groups -OCH3 is 1. The van der Waals surface area contributed by atoms with Crippen molar-refractivity contribution in [2.75, 3.05) is 7.11 Å². The van der Waals surface area contributed by atoms with E-state index in [9.17, 15) is 13.6 Å². The van der Waals surface area contributed by atoms with Crippen LogP contribution in [0.3, 0.4) is 0 Å². The largest absolute Gasteiger partial charge is 0.469 e. The van der Waals surface area contributed by atoms with Crippen LogP contribution in [-0.2, 0) is 22.5 Å². The Morgan fingerprint density at radius 1 is 1.20 bits per heavy atom. The Morgan fingerprint density at radius 2 is 1.97 bits per heavy atom. The standard InChI is InChI=1S/C23H19F2N3O2/c1-30-23(29)18-8-9-21-27-20(14-28(21)13-18)17-6-4-15(5-7-17)2-3-16-10-19(22(24)25)12-26-11-16/h4-7,10-12,14,18,22H,8-9,13H2,1H3. The van der Waals surface area contributed by atoms with Crippen molar-refractivity contribution in [1.29, 1.82) is 0 Å². The minimum absolute atomic E-state index is 0.139. The van der Waals surface area contributed by atoms with Crippen molar-refractivity contribution in [2.45, 2.75) is 25.8 Å². The summed E-state index contributed by atoms with van der Waals surface area (Å²) in [6.45, 7) is 0.574. The zero-order valence-corrected chi connectivity index (χ0v) is 16.3. The molecule has 0 spiro atoms. The lowest BCUT2D eigenvalue weighted by molar-refractivity contribution is -0.146. The van der Waals surface area contributed by atoms with Gasteiger partial charge in [-0.15, -0.1) is 0 Å². The Labute approximate surface area is 172 Å². The Bertz CT molecular complexity index is 1130. The number of fused-ring (bicyclic) bond motifs is 1. The average molecular weight is 407 g/mol.